The number of unbranched alkanes of at least 4 members (excludes halogenated alkanes) is 4. The monoisotopic (exact) mass is 637 g/mol. The first-order valence-electron chi connectivity index (χ1n) is 16.8. The van der Waals surface area contributed by atoms with E-state index in [-0.39, 0.29) is 11.3 Å². The molecule has 250 valence electrons. The summed E-state index contributed by atoms with van der Waals surface area (Å²) in [5, 5.41) is 2.92. The van der Waals surface area contributed by atoms with Gasteiger partial charge in [-0.3, -0.25) is 4.79 Å². The number of benzene rings is 3. The Balaban J connectivity index is 1.40. The minimum absolute atomic E-state index is 0.0217. The van der Waals surface area contributed by atoms with Crippen LogP contribution in [0.1, 0.15) is 102 Å². The summed E-state index contributed by atoms with van der Waals surface area (Å²) in [4.78, 5) is 31.0. The molecule has 1 N–H and O–H groups in total. The fourth-order valence-electron chi connectivity index (χ4n) is 5.20. The minimum Gasteiger partial charge on any atom is -0.494 e. The third kappa shape index (κ3) is 10.8. The summed E-state index contributed by atoms with van der Waals surface area (Å²) in [6.07, 6.45) is 10.2. The lowest BCUT2D eigenvalue weighted by Gasteiger charge is -2.25. The number of nitrogens with one attached hydrogen (secondary N) is 1. The third-order valence-corrected chi connectivity index (χ3v) is 7.93. The lowest BCUT2D eigenvalue weighted by Crippen LogP contribution is -2.45. The summed E-state index contributed by atoms with van der Waals surface area (Å²) < 4.78 is 13.6. The summed E-state index contributed by atoms with van der Waals surface area (Å²) in [5.41, 5.74) is 4.61. The molecule has 0 aliphatic heterocycles. The number of esters is 1. The number of rotatable bonds is 14. The van der Waals surface area contributed by atoms with Crippen LogP contribution in [0.15, 0.2) is 85.3 Å². The summed E-state index contributed by atoms with van der Waals surface area (Å²) in [6, 6.07) is 22.6. The second kappa shape index (κ2) is 15.9. The number of aromatic nitrogens is 2. The van der Waals surface area contributed by atoms with Crippen molar-refractivity contribution < 1.29 is 19.1 Å². The molecule has 1 aromatic heterocycles. The Morgan fingerprint density at radius 3 is 2.11 bits per heavy atom. The van der Waals surface area contributed by atoms with Crippen molar-refractivity contribution in [3.8, 4) is 22.7 Å². The second-order valence-corrected chi connectivity index (χ2v) is 14.2. The van der Waals surface area contributed by atoms with Crippen LogP contribution in [0.3, 0.4) is 0 Å². The van der Waals surface area contributed by atoms with Gasteiger partial charge >= 0.3 is 5.97 Å². The first-order valence-corrected chi connectivity index (χ1v) is 16.8. The molecule has 0 radical (unpaired) electrons. The van der Waals surface area contributed by atoms with Gasteiger partial charge in [-0.2, -0.15) is 0 Å². The fourth-order valence-corrected chi connectivity index (χ4v) is 5.20. The number of imidazole rings is 1. The van der Waals surface area contributed by atoms with E-state index < -0.39 is 17.6 Å². The molecule has 0 unspecified atom stereocenters. The molecule has 0 bridgehead atoms. The predicted octanol–water partition coefficient (Wildman–Crippen LogP) is 8.87. The van der Waals surface area contributed by atoms with E-state index in [0.29, 0.717) is 12.0 Å². The van der Waals surface area contributed by atoms with E-state index in [0.717, 1.165) is 46.8 Å². The Bertz CT molecular complexity index is 1570. The quantitative estimate of drug-likeness (QED) is 0.110. The van der Waals surface area contributed by atoms with E-state index in [1.165, 1.54) is 25.7 Å². The summed E-state index contributed by atoms with van der Waals surface area (Å²) in [7, 11) is 0. The Kier molecular flexibility index (Phi) is 12.0. The van der Waals surface area contributed by atoms with E-state index in [1.807, 2.05) is 92.2 Å². The van der Waals surface area contributed by atoms with E-state index in [2.05, 4.69) is 38.0 Å². The molecule has 0 fully saturated rings. The Morgan fingerprint density at radius 2 is 1.49 bits per heavy atom. The molecule has 7 heteroatoms. The maximum atomic E-state index is 13.2. The number of carbonyl (C=O) groups is 2. The highest BCUT2D eigenvalue weighted by Gasteiger charge is 2.27. The van der Waals surface area contributed by atoms with Gasteiger partial charge in [0, 0.05) is 29.4 Å². The molecule has 47 heavy (non-hydrogen) atoms. The highest BCUT2D eigenvalue weighted by molar-refractivity contribution is 5.97. The van der Waals surface area contributed by atoms with Crippen molar-refractivity contribution >= 4 is 11.9 Å². The molecule has 3 aromatic carbocycles. The normalized spacial score (nSPS) is 12.4. The Hall–Kier alpha value is -4.39. The molecule has 1 amide bonds. The fraction of sp³-hybridized carbons (Fsp3) is 0.425. The number of hydrogen-bond acceptors (Lipinski definition) is 5. The summed E-state index contributed by atoms with van der Waals surface area (Å²) in [5.74, 6) is 0.0911. The Morgan fingerprint density at radius 1 is 0.830 bits per heavy atom. The number of amides is 1. The smallest absolute Gasteiger partial charge is 0.329 e. The number of ether oxygens (including phenoxy) is 2. The van der Waals surface area contributed by atoms with Gasteiger partial charge < -0.3 is 19.4 Å². The van der Waals surface area contributed by atoms with E-state index in [1.54, 1.807) is 18.5 Å². The van der Waals surface area contributed by atoms with Crippen LogP contribution in [0, 0.1) is 0 Å². The van der Waals surface area contributed by atoms with E-state index in [4.69, 9.17) is 9.47 Å². The zero-order valence-electron chi connectivity index (χ0n) is 29.1. The average molecular weight is 638 g/mol. The zero-order chi connectivity index (χ0) is 34.0. The standard InChI is InChI=1S/C40H51N3O4/c1-8-9-10-11-12-25-46-34-23-21-33(22-24-34)43-27-36(41-28-43)30-15-13-29(14-16-30)26-35(38(45)47-40(5,6)7)42-37(44)31-17-19-32(20-18-31)39(2,3)4/h13-24,27-28,35H,8-12,25-26H2,1-7H3,(H,42,44)/t35-/m0/s1. The van der Waals surface area contributed by atoms with Crippen LogP contribution in [0.2, 0.25) is 0 Å². The summed E-state index contributed by atoms with van der Waals surface area (Å²) >= 11 is 0. The van der Waals surface area contributed by atoms with Crippen LogP contribution in [0.25, 0.3) is 16.9 Å². The first-order chi connectivity index (χ1) is 22.3. The van der Waals surface area contributed by atoms with Crippen molar-refractivity contribution in [2.45, 2.75) is 104 Å². The molecule has 4 aromatic rings. The molecule has 1 heterocycles. The molecule has 0 aliphatic carbocycles. The van der Waals surface area contributed by atoms with Crippen molar-refractivity contribution in [2.75, 3.05) is 6.61 Å². The SMILES string of the molecule is CCCCCCCOc1ccc(-n2cnc(-c3ccc(C[C@H](NC(=O)c4ccc(C(C)(C)C)cc4)C(=O)OC(C)(C)C)cc3)c2)cc1. The average Bonchev–Trinajstić information content (AvgIpc) is 3.52. The van der Waals surface area contributed by atoms with Crippen molar-refractivity contribution in [3.05, 3.63) is 102 Å². The number of carbonyl (C=O) groups excluding carboxylic acids is 2. The van der Waals surface area contributed by atoms with E-state index in [9.17, 15) is 9.59 Å². The molecule has 0 saturated heterocycles. The van der Waals surface area contributed by atoms with Gasteiger partial charge in [0.1, 0.15) is 17.4 Å². The van der Waals surface area contributed by atoms with Gasteiger partial charge in [0.25, 0.3) is 5.91 Å². The van der Waals surface area contributed by atoms with Gasteiger partial charge in [0.05, 0.1) is 18.6 Å². The highest BCUT2D eigenvalue weighted by Crippen LogP contribution is 2.24. The van der Waals surface area contributed by atoms with Crippen molar-refractivity contribution in [1.82, 2.24) is 14.9 Å². The van der Waals surface area contributed by atoms with Gasteiger partial charge in [-0.15, -0.1) is 0 Å². The van der Waals surface area contributed by atoms with Crippen LogP contribution >= 0.6 is 0 Å². The maximum Gasteiger partial charge on any atom is 0.329 e. The van der Waals surface area contributed by atoms with Gasteiger partial charge in [0.2, 0.25) is 0 Å². The molecular formula is C40H51N3O4. The second-order valence-electron chi connectivity index (χ2n) is 14.2. The maximum absolute atomic E-state index is 13.2. The van der Waals surface area contributed by atoms with Gasteiger partial charge in [0.15, 0.2) is 0 Å². The number of nitrogens with zero attached hydrogens (tertiary/aromatic N) is 2. The molecule has 0 spiro atoms. The molecular weight excluding hydrogens is 586 g/mol. The van der Waals surface area contributed by atoms with Gasteiger partial charge in [-0.1, -0.05) is 89.8 Å². The zero-order valence-corrected chi connectivity index (χ0v) is 29.1. The predicted molar refractivity (Wildman–Crippen MR) is 189 cm³/mol. The van der Waals surface area contributed by atoms with E-state index >= 15 is 0 Å². The van der Waals surface area contributed by atoms with Crippen LogP contribution in [0.5, 0.6) is 5.75 Å². The van der Waals surface area contributed by atoms with Crippen LogP contribution < -0.4 is 10.1 Å². The molecule has 0 aliphatic rings. The topological polar surface area (TPSA) is 82.5 Å². The summed E-state index contributed by atoms with van der Waals surface area (Å²) in [6.45, 7) is 14.8. The van der Waals surface area contributed by atoms with Crippen molar-refractivity contribution in [2.24, 2.45) is 0 Å². The van der Waals surface area contributed by atoms with Crippen LogP contribution in [-0.4, -0.2) is 39.7 Å². The van der Waals surface area contributed by atoms with Crippen LogP contribution in [-0.2, 0) is 21.4 Å². The number of hydrogen-bond donors (Lipinski definition) is 1. The minimum atomic E-state index is -0.845. The lowest BCUT2D eigenvalue weighted by molar-refractivity contribution is -0.157. The highest BCUT2D eigenvalue weighted by atomic mass is 16.6. The first kappa shape index (κ1) is 35.5. The molecule has 7 nitrogen and oxygen atoms in total. The molecule has 4 rings (SSSR count). The lowest BCUT2D eigenvalue weighted by atomic mass is 9.86. The Labute approximate surface area is 280 Å². The van der Waals surface area contributed by atoms with Crippen molar-refractivity contribution in [1.29, 1.82) is 0 Å². The molecule has 1 atom stereocenters. The largest absolute Gasteiger partial charge is 0.494 e. The molecule has 0 saturated carbocycles. The van der Waals surface area contributed by atoms with Crippen LogP contribution in [0.4, 0.5) is 0 Å². The van der Waals surface area contributed by atoms with Crippen molar-refractivity contribution in [3.63, 3.8) is 0 Å². The van der Waals surface area contributed by atoms with Gasteiger partial charge in [-0.25, -0.2) is 9.78 Å². The van der Waals surface area contributed by atoms with Gasteiger partial charge in [-0.05, 0) is 80.1 Å². The third-order valence-electron chi connectivity index (χ3n) is 7.93.